The highest BCUT2D eigenvalue weighted by molar-refractivity contribution is 5.98. The van der Waals surface area contributed by atoms with Gasteiger partial charge in [0.05, 0.1) is 11.7 Å². The van der Waals surface area contributed by atoms with Gasteiger partial charge in [-0.25, -0.2) is 5.43 Å². The molecule has 0 aromatic heterocycles. The molecule has 9 heteroatoms. The SMILES string of the molecule is O=C1COC(c2ccc(OCC3CCCO3)c(C(F)(F)F)c2)=NN1. The smallest absolute Gasteiger partial charge is 0.419 e. The van der Waals surface area contributed by atoms with Crippen molar-refractivity contribution in [2.45, 2.75) is 25.1 Å². The fourth-order valence-electron chi connectivity index (χ4n) is 2.43. The van der Waals surface area contributed by atoms with Crippen LogP contribution in [-0.2, 0) is 20.4 Å². The molecule has 130 valence electrons. The summed E-state index contributed by atoms with van der Waals surface area (Å²) in [6.07, 6.45) is -3.14. The molecule has 0 radical (unpaired) electrons. The minimum absolute atomic E-state index is 0.0654. The summed E-state index contributed by atoms with van der Waals surface area (Å²) in [6.45, 7) is 0.370. The van der Waals surface area contributed by atoms with Crippen molar-refractivity contribution in [3.8, 4) is 5.75 Å². The number of hydrogen-bond acceptors (Lipinski definition) is 5. The topological polar surface area (TPSA) is 69.2 Å². The van der Waals surface area contributed by atoms with Gasteiger partial charge >= 0.3 is 6.18 Å². The molecule has 3 rings (SSSR count). The summed E-state index contributed by atoms with van der Waals surface area (Å²) in [5.74, 6) is -0.820. The maximum atomic E-state index is 13.3. The van der Waals surface area contributed by atoms with Gasteiger partial charge in [-0.2, -0.15) is 13.2 Å². The standard InChI is InChI=1S/C15H15F3N2O4/c16-15(17,18)11-6-9(14-20-19-13(21)8-24-14)3-4-12(11)23-7-10-2-1-5-22-10/h3-4,6,10H,1-2,5,7-8H2,(H,19,21). The lowest BCUT2D eigenvalue weighted by Gasteiger charge is -2.18. The molecule has 1 N–H and O–H groups in total. The molecule has 24 heavy (non-hydrogen) atoms. The van der Waals surface area contributed by atoms with Gasteiger partial charge in [-0.3, -0.25) is 4.79 Å². The van der Waals surface area contributed by atoms with Crippen LogP contribution in [0.25, 0.3) is 0 Å². The quantitative estimate of drug-likeness (QED) is 0.908. The van der Waals surface area contributed by atoms with E-state index in [4.69, 9.17) is 14.2 Å². The summed E-state index contributed by atoms with van der Waals surface area (Å²) in [7, 11) is 0. The Morgan fingerprint density at radius 1 is 1.38 bits per heavy atom. The summed E-state index contributed by atoms with van der Waals surface area (Å²) in [5, 5.41) is 3.61. The minimum atomic E-state index is -4.60. The highest BCUT2D eigenvalue weighted by Crippen LogP contribution is 2.37. The second-order valence-corrected chi connectivity index (χ2v) is 5.40. The van der Waals surface area contributed by atoms with Gasteiger partial charge in [0, 0.05) is 12.2 Å². The molecule has 1 aromatic carbocycles. The maximum absolute atomic E-state index is 13.3. The van der Waals surface area contributed by atoms with E-state index in [2.05, 4.69) is 10.5 Å². The van der Waals surface area contributed by atoms with Crippen molar-refractivity contribution >= 4 is 11.8 Å². The molecule has 1 aromatic rings. The number of amides is 1. The number of nitrogens with one attached hydrogen (secondary N) is 1. The third kappa shape index (κ3) is 3.78. The molecule has 2 aliphatic rings. The zero-order valence-corrected chi connectivity index (χ0v) is 12.6. The lowest BCUT2D eigenvalue weighted by Crippen LogP contribution is -2.32. The molecule has 2 aliphatic heterocycles. The van der Waals surface area contributed by atoms with Crippen LogP contribution in [-0.4, -0.2) is 37.7 Å². The first-order chi connectivity index (χ1) is 11.4. The summed E-state index contributed by atoms with van der Waals surface area (Å²) in [5.41, 5.74) is 1.33. The first kappa shape index (κ1) is 16.6. The molecule has 0 saturated carbocycles. The number of hydrogen-bond donors (Lipinski definition) is 1. The summed E-state index contributed by atoms with van der Waals surface area (Å²) in [6, 6.07) is 3.51. The number of carbonyl (C=O) groups is 1. The lowest BCUT2D eigenvalue weighted by molar-refractivity contribution is -0.139. The number of halogens is 3. The number of ether oxygens (including phenoxy) is 3. The van der Waals surface area contributed by atoms with Crippen molar-refractivity contribution in [3.63, 3.8) is 0 Å². The van der Waals surface area contributed by atoms with Gasteiger partial charge in [0.15, 0.2) is 6.61 Å². The largest absolute Gasteiger partial charge is 0.490 e. The minimum Gasteiger partial charge on any atom is -0.490 e. The average molecular weight is 344 g/mol. The predicted octanol–water partition coefficient (Wildman–Crippen LogP) is 2.07. The van der Waals surface area contributed by atoms with Crippen molar-refractivity contribution in [1.29, 1.82) is 0 Å². The van der Waals surface area contributed by atoms with Crippen LogP contribution in [0.4, 0.5) is 13.2 Å². The van der Waals surface area contributed by atoms with Crippen LogP contribution in [0, 0.1) is 0 Å². The normalized spacial score (nSPS) is 21.0. The van der Waals surface area contributed by atoms with E-state index in [0.717, 1.165) is 18.9 Å². The monoisotopic (exact) mass is 344 g/mol. The zero-order valence-electron chi connectivity index (χ0n) is 12.6. The van der Waals surface area contributed by atoms with Crippen molar-refractivity contribution in [2.24, 2.45) is 5.10 Å². The van der Waals surface area contributed by atoms with Crippen LogP contribution in [0.15, 0.2) is 23.3 Å². The van der Waals surface area contributed by atoms with Crippen molar-refractivity contribution in [3.05, 3.63) is 29.3 Å². The van der Waals surface area contributed by atoms with E-state index in [1.165, 1.54) is 12.1 Å². The molecular weight excluding hydrogens is 329 g/mol. The van der Waals surface area contributed by atoms with E-state index < -0.39 is 17.6 Å². The molecule has 1 saturated heterocycles. The van der Waals surface area contributed by atoms with Crippen LogP contribution in [0.3, 0.4) is 0 Å². The van der Waals surface area contributed by atoms with Crippen LogP contribution in [0.5, 0.6) is 5.75 Å². The van der Waals surface area contributed by atoms with E-state index in [-0.39, 0.29) is 36.5 Å². The molecule has 1 unspecified atom stereocenters. The Kier molecular flexibility index (Phi) is 4.61. The van der Waals surface area contributed by atoms with E-state index in [0.29, 0.717) is 6.61 Å². The number of benzene rings is 1. The van der Waals surface area contributed by atoms with Crippen LogP contribution in [0.2, 0.25) is 0 Å². The Morgan fingerprint density at radius 2 is 2.21 bits per heavy atom. The molecule has 6 nitrogen and oxygen atoms in total. The molecule has 1 amide bonds. The summed E-state index contributed by atoms with van der Waals surface area (Å²) >= 11 is 0. The molecule has 0 bridgehead atoms. The van der Waals surface area contributed by atoms with Gasteiger partial charge in [0.25, 0.3) is 5.91 Å². The Balaban J connectivity index is 1.82. The van der Waals surface area contributed by atoms with Gasteiger partial charge in [-0.1, -0.05) is 0 Å². The highest BCUT2D eigenvalue weighted by atomic mass is 19.4. The van der Waals surface area contributed by atoms with Gasteiger partial charge in [-0.15, -0.1) is 5.10 Å². The van der Waals surface area contributed by atoms with Crippen molar-refractivity contribution < 1.29 is 32.2 Å². The molecule has 1 fully saturated rings. The van der Waals surface area contributed by atoms with Gasteiger partial charge in [-0.05, 0) is 31.0 Å². The second-order valence-electron chi connectivity index (χ2n) is 5.40. The van der Waals surface area contributed by atoms with Gasteiger partial charge in [0.1, 0.15) is 12.4 Å². The Labute approximate surface area is 135 Å². The Bertz CT molecular complexity index is 655. The highest BCUT2D eigenvalue weighted by Gasteiger charge is 2.35. The number of hydrazone groups is 1. The molecule has 0 aliphatic carbocycles. The molecule has 2 heterocycles. The first-order valence-electron chi connectivity index (χ1n) is 7.39. The lowest BCUT2D eigenvalue weighted by atomic mass is 10.1. The summed E-state index contributed by atoms with van der Waals surface area (Å²) in [4.78, 5) is 11.0. The number of alkyl halides is 3. The maximum Gasteiger partial charge on any atom is 0.419 e. The average Bonchev–Trinajstić information content (AvgIpc) is 3.06. The zero-order chi connectivity index (χ0) is 17.2. The Hall–Kier alpha value is -2.29. The van der Waals surface area contributed by atoms with Gasteiger partial charge < -0.3 is 14.2 Å². The van der Waals surface area contributed by atoms with E-state index in [1.807, 2.05) is 0 Å². The first-order valence-corrected chi connectivity index (χ1v) is 7.39. The molecule has 0 spiro atoms. The molecular formula is C15H15F3N2O4. The van der Waals surface area contributed by atoms with Crippen molar-refractivity contribution in [1.82, 2.24) is 5.43 Å². The fraction of sp³-hybridized carbons (Fsp3) is 0.467. The van der Waals surface area contributed by atoms with Crippen LogP contribution < -0.4 is 10.2 Å². The van der Waals surface area contributed by atoms with Gasteiger partial charge in [0.2, 0.25) is 5.90 Å². The second kappa shape index (κ2) is 6.68. The third-order valence-corrected chi connectivity index (χ3v) is 3.60. The van der Waals surface area contributed by atoms with E-state index in [9.17, 15) is 18.0 Å². The van der Waals surface area contributed by atoms with Crippen molar-refractivity contribution in [2.75, 3.05) is 19.8 Å². The van der Waals surface area contributed by atoms with Crippen LogP contribution in [0.1, 0.15) is 24.0 Å². The number of carbonyl (C=O) groups excluding carboxylic acids is 1. The van der Waals surface area contributed by atoms with E-state index in [1.54, 1.807) is 0 Å². The predicted molar refractivity (Wildman–Crippen MR) is 76.5 cm³/mol. The molecule has 1 atom stereocenters. The fourth-order valence-corrected chi connectivity index (χ4v) is 2.43. The third-order valence-electron chi connectivity index (χ3n) is 3.60. The van der Waals surface area contributed by atoms with E-state index >= 15 is 0 Å². The summed E-state index contributed by atoms with van der Waals surface area (Å²) < 4.78 is 55.6. The van der Waals surface area contributed by atoms with Crippen LogP contribution >= 0.6 is 0 Å². The number of rotatable bonds is 4. The Morgan fingerprint density at radius 3 is 2.83 bits per heavy atom. The number of nitrogens with zero attached hydrogens (tertiary/aromatic N) is 1.